The zero-order chi connectivity index (χ0) is 10.2. The molecule has 1 aliphatic heterocycles. The van der Waals surface area contributed by atoms with Gasteiger partial charge in [0.25, 0.3) is 0 Å². The minimum absolute atomic E-state index is 0.0154. The van der Waals surface area contributed by atoms with E-state index in [1.54, 1.807) is 6.92 Å². The van der Waals surface area contributed by atoms with E-state index in [9.17, 15) is 4.39 Å². The SMILES string of the molecule is Cc1cc(C2(CS)COC2)ccc1F. The van der Waals surface area contributed by atoms with Crippen molar-refractivity contribution >= 4 is 12.6 Å². The Balaban J connectivity index is 2.36. The summed E-state index contributed by atoms with van der Waals surface area (Å²) in [5.74, 6) is 0.598. The van der Waals surface area contributed by atoms with E-state index in [2.05, 4.69) is 12.6 Å². The van der Waals surface area contributed by atoms with Gasteiger partial charge in [-0.15, -0.1) is 0 Å². The van der Waals surface area contributed by atoms with Gasteiger partial charge in [-0.1, -0.05) is 12.1 Å². The van der Waals surface area contributed by atoms with Crippen LogP contribution < -0.4 is 0 Å². The molecule has 0 radical (unpaired) electrons. The van der Waals surface area contributed by atoms with Gasteiger partial charge in [0.1, 0.15) is 5.82 Å². The predicted molar refractivity (Wildman–Crippen MR) is 57.5 cm³/mol. The molecular formula is C11H13FOS. The molecule has 0 amide bonds. The van der Waals surface area contributed by atoms with Crippen LogP contribution in [0, 0.1) is 12.7 Å². The largest absolute Gasteiger partial charge is 0.379 e. The Morgan fingerprint density at radius 2 is 2.21 bits per heavy atom. The number of thiol groups is 1. The minimum atomic E-state index is -0.150. The molecule has 2 rings (SSSR count). The second-order valence-corrected chi connectivity index (χ2v) is 4.21. The van der Waals surface area contributed by atoms with Crippen molar-refractivity contribution in [1.29, 1.82) is 0 Å². The Hall–Kier alpha value is -0.540. The van der Waals surface area contributed by atoms with Gasteiger partial charge < -0.3 is 4.74 Å². The molecule has 14 heavy (non-hydrogen) atoms. The summed E-state index contributed by atoms with van der Waals surface area (Å²) < 4.78 is 18.3. The van der Waals surface area contributed by atoms with Crippen molar-refractivity contribution in [3.63, 3.8) is 0 Å². The smallest absolute Gasteiger partial charge is 0.126 e. The van der Waals surface area contributed by atoms with Gasteiger partial charge in [-0.3, -0.25) is 0 Å². The number of hydrogen-bond acceptors (Lipinski definition) is 2. The fourth-order valence-corrected chi connectivity index (χ4v) is 2.04. The van der Waals surface area contributed by atoms with Crippen molar-refractivity contribution in [2.75, 3.05) is 19.0 Å². The van der Waals surface area contributed by atoms with Crippen LogP contribution in [0.4, 0.5) is 4.39 Å². The summed E-state index contributed by atoms with van der Waals surface area (Å²) in [4.78, 5) is 0. The molecule has 0 unspecified atom stereocenters. The number of aryl methyl sites for hydroxylation is 1. The van der Waals surface area contributed by atoms with Gasteiger partial charge in [-0.2, -0.15) is 12.6 Å². The van der Waals surface area contributed by atoms with E-state index in [0.29, 0.717) is 18.8 Å². The number of halogens is 1. The molecule has 1 aliphatic rings. The molecule has 1 fully saturated rings. The molecule has 0 atom stereocenters. The van der Waals surface area contributed by atoms with Crippen molar-refractivity contribution < 1.29 is 9.13 Å². The first-order valence-corrected chi connectivity index (χ1v) is 5.26. The average Bonchev–Trinajstić information content (AvgIpc) is 2.10. The lowest BCUT2D eigenvalue weighted by Gasteiger charge is -2.41. The maximum atomic E-state index is 13.1. The molecule has 0 N–H and O–H groups in total. The van der Waals surface area contributed by atoms with Gasteiger partial charge in [-0.25, -0.2) is 4.39 Å². The average molecular weight is 212 g/mol. The first-order valence-electron chi connectivity index (χ1n) is 4.63. The maximum absolute atomic E-state index is 13.1. The third-order valence-electron chi connectivity index (χ3n) is 2.83. The lowest BCUT2D eigenvalue weighted by Crippen LogP contribution is -2.48. The van der Waals surface area contributed by atoms with Gasteiger partial charge in [0, 0.05) is 5.75 Å². The monoisotopic (exact) mass is 212 g/mol. The van der Waals surface area contributed by atoms with Gasteiger partial charge in [0.05, 0.1) is 18.6 Å². The zero-order valence-corrected chi connectivity index (χ0v) is 8.98. The van der Waals surface area contributed by atoms with Crippen molar-refractivity contribution in [2.24, 2.45) is 0 Å². The summed E-state index contributed by atoms with van der Waals surface area (Å²) in [6, 6.07) is 5.25. The van der Waals surface area contributed by atoms with E-state index in [4.69, 9.17) is 4.74 Å². The van der Waals surface area contributed by atoms with Crippen molar-refractivity contribution in [1.82, 2.24) is 0 Å². The number of hydrogen-bond donors (Lipinski definition) is 1. The fourth-order valence-electron chi connectivity index (χ4n) is 1.67. The number of rotatable bonds is 2. The molecule has 0 saturated carbocycles. The van der Waals surface area contributed by atoms with E-state index >= 15 is 0 Å². The Kier molecular flexibility index (Phi) is 2.54. The van der Waals surface area contributed by atoms with Crippen molar-refractivity contribution in [3.8, 4) is 0 Å². The zero-order valence-electron chi connectivity index (χ0n) is 8.09. The highest BCUT2D eigenvalue weighted by atomic mass is 32.1. The van der Waals surface area contributed by atoms with E-state index in [1.807, 2.05) is 12.1 Å². The normalized spacial score (nSPS) is 19.1. The van der Waals surface area contributed by atoms with Crippen LogP contribution in [0.25, 0.3) is 0 Å². The third-order valence-corrected chi connectivity index (χ3v) is 3.44. The molecule has 0 aliphatic carbocycles. The summed E-state index contributed by atoms with van der Waals surface area (Å²) in [6.07, 6.45) is 0. The lowest BCUT2D eigenvalue weighted by atomic mass is 9.80. The molecule has 1 heterocycles. The second kappa shape index (κ2) is 3.55. The van der Waals surface area contributed by atoms with Gasteiger partial charge in [0.2, 0.25) is 0 Å². The van der Waals surface area contributed by atoms with E-state index in [-0.39, 0.29) is 11.2 Å². The van der Waals surface area contributed by atoms with E-state index in [0.717, 1.165) is 11.3 Å². The topological polar surface area (TPSA) is 9.23 Å². The van der Waals surface area contributed by atoms with Crippen LogP contribution in [-0.2, 0) is 10.2 Å². The standard InChI is InChI=1S/C11H13FOS/c1-8-4-9(2-3-10(8)12)11(7-14)5-13-6-11/h2-4,14H,5-7H2,1H3. The molecular weight excluding hydrogens is 199 g/mol. The first kappa shape index (κ1) is 9.99. The van der Waals surface area contributed by atoms with Crippen LogP contribution in [0.3, 0.4) is 0 Å². The van der Waals surface area contributed by atoms with Gasteiger partial charge in [0.15, 0.2) is 0 Å². The molecule has 1 aromatic carbocycles. The first-order chi connectivity index (χ1) is 6.68. The summed E-state index contributed by atoms with van der Waals surface area (Å²) in [5.41, 5.74) is 1.84. The van der Waals surface area contributed by atoms with Gasteiger partial charge >= 0.3 is 0 Å². The van der Waals surface area contributed by atoms with Crippen LogP contribution >= 0.6 is 12.6 Å². The number of benzene rings is 1. The molecule has 1 nitrogen and oxygen atoms in total. The van der Waals surface area contributed by atoms with Crippen LogP contribution in [0.1, 0.15) is 11.1 Å². The molecule has 1 aromatic rings. The Bertz CT molecular complexity index is 342. The molecule has 0 spiro atoms. The van der Waals surface area contributed by atoms with Crippen molar-refractivity contribution in [3.05, 3.63) is 35.1 Å². The van der Waals surface area contributed by atoms with Crippen LogP contribution in [0.15, 0.2) is 18.2 Å². The summed E-state index contributed by atoms with van der Waals surface area (Å²) in [5, 5.41) is 0. The lowest BCUT2D eigenvalue weighted by molar-refractivity contribution is -0.0471. The molecule has 76 valence electrons. The summed E-state index contributed by atoms with van der Waals surface area (Å²) in [6.45, 7) is 3.17. The highest BCUT2D eigenvalue weighted by Gasteiger charge is 2.39. The Morgan fingerprint density at radius 3 is 2.64 bits per heavy atom. The van der Waals surface area contributed by atoms with Crippen LogP contribution in [0.2, 0.25) is 0 Å². The van der Waals surface area contributed by atoms with E-state index in [1.165, 1.54) is 6.07 Å². The van der Waals surface area contributed by atoms with Crippen LogP contribution in [0.5, 0.6) is 0 Å². The molecule has 3 heteroatoms. The fraction of sp³-hybridized carbons (Fsp3) is 0.455. The third kappa shape index (κ3) is 1.44. The van der Waals surface area contributed by atoms with Crippen molar-refractivity contribution in [2.45, 2.75) is 12.3 Å². The Labute approximate surface area is 88.7 Å². The maximum Gasteiger partial charge on any atom is 0.126 e. The molecule has 0 aromatic heterocycles. The second-order valence-electron chi connectivity index (χ2n) is 3.90. The highest BCUT2D eigenvalue weighted by Crippen LogP contribution is 2.34. The molecule has 0 bridgehead atoms. The number of ether oxygens (including phenoxy) is 1. The minimum Gasteiger partial charge on any atom is -0.379 e. The Morgan fingerprint density at radius 1 is 1.50 bits per heavy atom. The summed E-state index contributed by atoms with van der Waals surface area (Å²) in [7, 11) is 0. The van der Waals surface area contributed by atoms with Gasteiger partial charge in [-0.05, 0) is 24.1 Å². The summed E-state index contributed by atoms with van der Waals surface area (Å²) >= 11 is 4.33. The highest BCUT2D eigenvalue weighted by molar-refractivity contribution is 7.80. The van der Waals surface area contributed by atoms with Crippen LogP contribution in [-0.4, -0.2) is 19.0 Å². The quantitative estimate of drug-likeness (QED) is 0.740. The van der Waals surface area contributed by atoms with E-state index < -0.39 is 0 Å². The molecule has 1 saturated heterocycles. The predicted octanol–water partition coefficient (Wildman–Crippen LogP) is 2.33.